The third kappa shape index (κ3) is 3.37. The molecule has 6 heteroatoms. The van der Waals surface area contributed by atoms with Crippen molar-refractivity contribution in [3.63, 3.8) is 0 Å². The quantitative estimate of drug-likeness (QED) is 0.836. The van der Waals surface area contributed by atoms with E-state index < -0.39 is 6.61 Å². The Morgan fingerprint density at radius 1 is 1.35 bits per heavy atom. The number of hydrogen-bond acceptors (Lipinski definition) is 4. The van der Waals surface area contributed by atoms with Crippen LogP contribution in [-0.2, 0) is 0 Å². The predicted molar refractivity (Wildman–Crippen MR) is 72.2 cm³/mol. The van der Waals surface area contributed by atoms with Crippen molar-refractivity contribution < 1.29 is 18.3 Å². The van der Waals surface area contributed by atoms with Crippen molar-refractivity contribution in [2.24, 2.45) is 5.73 Å². The van der Waals surface area contributed by atoms with Crippen LogP contribution in [0.15, 0.2) is 18.2 Å². The second-order valence-corrected chi connectivity index (χ2v) is 4.94. The summed E-state index contributed by atoms with van der Waals surface area (Å²) in [7, 11) is 3.43. The maximum Gasteiger partial charge on any atom is 0.387 e. The van der Waals surface area contributed by atoms with E-state index in [2.05, 4.69) is 9.64 Å². The molecule has 112 valence electrons. The molecule has 1 aliphatic rings. The van der Waals surface area contributed by atoms with Crippen molar-refractivity contribution >= 4 is 0 Å². The molecule has 20 heavy (non-hydrogen) atoms. The molecule has 2 N–H and O–H groups in total. The normalized spacial score (nSPS) is 16.6. The third-order valence-electron chi connectivity index (χ3n) is 3.63. The van der Waals surface area contributed by atoms with Crippen LogP contribution in [0.25, 0.3) is 0 Å². The van der Waals surface area contributed by atoms with Crippen molar-refractivity contribution in [3.05, 3.63) is 23.8 Å². The minimum absolute atomic E-state index is 0.00608. The highest BCUT2D eigenvalue weighted by molar-refractivity contribution is 5.44. The van der Waals surface area contributed by atoms with Gasteiger partial charge in [-0.2, -0.15) is 8.78 Å². The molecule has 4 nitrogen and oxygen atoms in total. The number of hydrogen-bond donors (Lipinski definition) is 1. The maximum absolute atomic E-state index is 12.4. The molecule has 1 aliphatic carbocycles. The Balaban J connectivity index is 2.25. The summed E-state index contributed by atoms with van der Waals surface area (Å²) in [5, 5.41) is 0. The van der Waals surface area contributed by atoms with Crippen LogP contribution in [-0.4, -0.2) is 38.3 Å². The predicted octanol–water partition coefficient (Wildman–Crippen LogP) is 2.39. The van der Waals surface area contributed by atoms with Gasteiger partial charge in [0.1, 0.15) is 0 Å². The Bertz CT molecular complexity index is 453. The second kappa shape index (κ2) is 6.37. The second-order valence-electron chi connectivity index (χ2n) is 4.94. The average molecular weight is 286 g/mol. The fourth-order valence-corrected chi connectivity index (χ4v) is 2.36. The molecule has 0 aromatic heterocycles. The molecule has 2 rings (SSSR count). The number of methoxy groups -OCH3 is 1. The Kier molecular flexibility index (Phi) is 4.77. The minimum Gasteiger partial charge on any atom is -0.493 e. The van der Waals surface area contributed by atoms with Crippen LogP contribution in [0.2, 0.25) is 0 Å². The number of ether oxygens (including phenoxy) is 2. The number of benzene rings is 1. The van der Waals surface area contributed by atoms with Gasteiger partial charge in [-0.1, -0.05) is 6.07 Å². The molecule has 0 amide bonds. The van der Waals surface area contributed by atoms with Crippen molar-refractivity contribution in [2.75, 3.05) is 20.7 Å². The molecule has 1 fully saturated rings. The van der Waals surface area contributed by atoms with Gasteiger partial charge in [0.15, 0.2) is 11.5 Å². The summed E-state index contributed by atoms with van der Waals surface area (Å²) in [5.74, 6) is 0.335. The first-order valence-corrected chi connectivity index (χ1v) is 6.61. The van der Waals surface area contributed by atoms with Gasteiger partial charge in [-0.05, 0) is 37.6 Å². The zero-order valence-corrected chi connectivity index (χ0v) is 11.7. The Hall–Kier alpha value is -1.40. The Morgan fingerprint density at radius 3 is 2.55 bits per heavy atom. The number of rotatable bonds is 7. The molecule has 0 radical (unpaired) electrons. The molecule has 1 unspecified atom stereocenters. The zero-order valence-electron chi connectivity index (χ0n) is 11.7. The average Bonchev–Trinajstić information content (AvgIpc) is 3.23. The summed E-state index contributed by atoms with van der Waals surface area (Å²) in [5.41, 5.74) is 6.69. The van der Waals surface area contributed by atoms with Crippen LogP contribution >= 0.6 is 0 Å². The van der Waals surface area contributed by atoms with Crippen LogP contribution < -0.4 is 15.2 Å². The number of nitrogens with two attached hydrogens (primary N) is 1. The van der Waals surface area contributed by atoms with E-state index in [4.69, 9.17) is 10.5 Å². The molecular weight excluding hydrogens is 266 g/mol. The Morgan fingerprint density at radius 2 is 2.05 bits per heavy atom. The van der Waals surface area contributed by atoms with Gasteiger partial charge in [-0.25, -0.2) is 0 Å². The fraction of sp³-hybridized carbons (Fsp3) is 0.571. The number of nitrogens with zero attached hydrogens (tertiary/aromatic N) is 1. The van der Waals surface area contributed by atoms with E-state index in [-0.39, 0.29) is 11.8 Å². The highest BCUT2D eigenvalue weighted by Gasteiger charge is 2.31. The summed E-state index contributed by atoms with van der Waals surface area (Å²) in [6.45, 7) is -2.45. The lowest BCUT2D eigenvalue weighted by Crippen LogP contribution is -2.32. The maximum atomic E-state index is 12.4. The van der Waals surface area contributed by atoms with E-state index in [1.54, 1.807) is 12.1 Å². The van der Waals surface area contributed by atoms with Crippen molar-refractivity contribution in [1.82, 2.24) is 4.90 Å². The lowest BCUT2D eigenvalue weighted by atomic mass is 10.0. The first-order chi connectivity index (χ1) is 9.56. The van der Waals surface area contributed by atoms with E-state index in [1.165, 1.54) is 7.11 Å². The summed E-state index contributed by atoms with van der Waals surface area (Å²) in [6.07, 6.45) is 2.31. The van der Waals surface area contributed by atoms with Crippen LogP contribution in [0.1, 0.15) is 24.4 Å². The van der Waals surface area contributed by atoms with Crippen molar-refractivity contribution in [3.8, 4) is 11.5 Å². The van der Waals surface area contributed by atoms with E-state index in [0.29, 0.717) is 18.3 Å². The van der Waals surface area contributed by atoms with E-state index >= 15 is 0 Å². The van der Waals surface area contributed by atoms with Crippen molar-refractivity contribution in [1.29, 1.82) is 0 Å². The zero-order chi connectivity index (χ0) is 14.7. The summed E-state index contributed by atoms with van der Waals surface area (Å²) >= 11 is 0. The minimum atomic E-state index is -2.88. The molecule has 1 aromatic rings. The topological polar surface area (TPSA) is 47.7 Å². The van der Waals surface area contributed by atoms with E-state index in [1.807, 2.05) is 13.1 Å². The largest absolute Gasteiger partial charge is 0.493 e. The van der Waals surface area contributed by atoms with Gasteiger partial charge in [-0.3, -0.25) is 4.90 Å². The number of likely N-dealkylation sites (N-methyl/N-ethyl adjacent to an activating group) is 1. The molecule has 1 atom stereocenters. The molecular formula is C14H20F2N2O2. The lowest BCUT2D eigenvalue weighted by molar-refractivity contribution is -0.0513. The molecule has 0 aliphatic heterocycles. The monoisotopic (exact) mass is 286 g/mol. The molecule has 0 bridgehead atoms. The highest BCUT2D eigenvalue weighted by atomic mass is 19.3. The molecule has 0 heterocycles. The first-order valence-electron chi connectivity index (χ1n) is 6.61. The van der Waals surface area contributed by atoms with Gasteiger partial charge in [0.25, 0.3) is 0 Å². The van der Waals surface area contributed by atoms with Crippen LogP contribution in [0, 0.1) is 0 Å². The smallest absolute Gasteiger partial charge is 0.387 e. The van der Waals surface area contributed by atoms with Gasteiger partial charge in [0, 0.05) is 18.6 Å². The number of halogens is 2. The standard InChI is InChI=1S/C14H20F2N2O2/c1-18(10-4-5-10)11(8-17)9-3-6-12(19-2)13(7-9)20-14(15)16/h3,6-7,10-11,14H,4-5,8,17H2,1-2H3. The van der Waals surface area contributed by atoms with Crippen LogP contribution in [0.5, 0.6) is 11.5 Å². The van der Waals surface area contributed by atoms with E-state index in [9.17, 15) is 8.78 Å². The van der Waals surface area contributed by atoms with Gasteiger partial charge < -0.3 is 15.2 Å². The lowest BCUT2D eigenvalue weighted by Gasteiger charge is -2.27. The molecule has 0 spiro atoms. The summed E-state index contributed by atoms with van der Waals surface area (Å²) in [6, 6.07) is 5.59. The number of alkyl halides is 2. The van der Waals surface area contributed by atoms with Gasteiger partial charge in [0.05, 0.1) is 7.11 Å². The highest BCUT2D eigenvalue weighted by Crippen LogP contribution is 2.36. The third-order valence-corrected chi connectivity index (χ3v) is 3.63. The molecule has 0 saturated heterocycles. The first kappa shape index (κ1) is 15.0. The summed E-state index contributed by atoms with van der Waals surface area (Å²) in [4.78, 5) is 2.19. The molecule has 1 aromatic carbocycles. The fourth-order valence-electron chi connectivity index (χ4n) is 2.36. The summed E-state index contributed by atoms with van der Waals surface area (Å²) < 4.78 is 34.4. The van der Waals surface area contributed by atoms with Crippen LogP contribution in [0.4, 0.5) is 8.78 Å². The van der Waals surface area contributed by atoms with Gasteiger partial charge in [0.2, 0.25) is 0 Å². The van der Waals surface area contributed by atoms with Crippen LogP contribution in [0.3, 0.4) is 0 Å². The SMILES string of the molecule is COc1ccc(C(CN)N(C)C2CC2)cc1OC(F)F. The van der Waals surface area contributed by atoms with E-state index in [0.717, 1.165) is 18.4 Å². The van der Waals surface area contributed by atoms with Gasteiger partial charge in [-0.15, -0.1) is 0 Å². The molecule has 1 saturated carbocycles. The van der Waals surface area contributed by atoms with Gasteiger partial charge >= 0.3 is 6.61 Å². The Labute approximate surface area is 117 Å². The van der Waals surface area contributed by atoms with Crippen molar-refractivity contribution in [2.45, 2.75) is 31.5 Å².